The maximum Gasteiger partial charge on any atom is 0.338 e. The Hall–Kier alpha value is -3.16. The van der Waals surface area contributed by atoms with Crippen molar-refractivity contribution in [1.82, 2.24) is 4.57 Å². The lowest BCUT2D eigenvalue weighted by Gasteiger charge is -2.24. The molecule has 7 heteroatoms. The largest absolute Gasteiger partial charge is 0.463 e. The van der Waals surface area contributed by atoms with Crippen LogP contribution in [0.3, 0.4) is 0 Å². The molecule has 168 valence electrons. The van der Waals surface area contributed by atoms with Gasteiger partial charge < -0.3 is 4.74 Å². The number of thiazole rings is 1. The van der Waals surface area contributed by atoms with Crippen molar-refractivity contribution in [2.45, 2.75) is 24.8 Å². The summed E-state index contributed by atoms with van der Waals surface area (Å²) in [6, 6.07) is 17.2. The van der Waals surface area contributed by atoms with Crippen molar-refractivity contribution in [3.05, 3.63) is 103 Å². The number of hydrogen-bond acceptors (Lipinski definition) is 6. The number of aromatic nitrogens is 1. The highest BCUT2D eigenvalue weighted by Gasteiger charge is 2.33. The molecular weight excluding hydrogens is 452 g/mol. The fraction of sp³-hybridized carbons (Fsp3) is 0.192. The maximum atomic E-state index is 13.5. The van der Waals surface area contributed by atoms with E-state index < -0.39 is 12.0 Å². The predicted octanol–water partition coefficient (Wildman–Crippen LogP) is 4.19. The van der Waals surface area contributed by atoms with E-state index in [1.807, 2.05) is 73.0 Å². The van der Waals surface area contributed by atoms with Crippen LogP contribution in [0.4, 0.5) is 0 Å². The van der Waals surface area contributed by atoms with Gasteiger partial charge >= 0.3 is 5.97 Å². The third-order valence-corrected chi connectivity index (χ3v) is 7.03. The molecule has 1 aromatic heterocycles. The van der Waals surface area contributed by atoms with Gasteiger partial charge in [0.05, 0.1) is 28.5 Å². The third kappa shape index (κ3) is 4.79. The Morgan fingerprint density at radius 3 is 2.58 bits per heavy atom. The van der Waals surface area contributed by atoms with Crippen LogP contribution in [-0.4, -0.2) is 23.4 Å². The van der Waals surface area contributed by atoms with Gasteiger partial charge in [-0.05, 0) is 49.4 Å². The van der Waals surface area contributed by atoms with Crippen LogP contribution in [0.2, 0.25) is 0 Å². The van der Waals surface area contributed by atoms with Crippen LogP contribution < -0.4 is 14.9 Å². The average molecular weight is 477 g/mol. The quantitative estimate of drug-likeness (QED) is 0.396. The van der Waals surface area contributed by atoms with E-state index in [4.69, 9.17) is 4.74 Å². The van der Waals surface area contributed by atoms with Crippen molar-refractivity contribution >= 4 is 41.2 Å². The molecule has 4 rings (SSSR count). The minimum absolute atomic E-state index is 0.176. The van der Waals surface area contributed by atoms with Crippen molar-refractivity contribution in [1.29, 1.82) is 0 Å². The van der Waals surface area contributed by atoms with Crippen LogP contribution in [0.5, 0.6) is 0 Å². The molecule has 0 saturated carbocycles. The summed E-state index contributed by atoms with van der Waals surface area (Å²) in [5, 5.41) is 0. The van der Waals surface area contributed by atoms with Gasteiger partial charge in [0.15, 0.2) is 4.80 Å². The molecule has 0 fully saturated rings. The van der Waals surface area contributed by atoms with Crippen molar-refractivity contribution in [3.63, 3.8) is 0 Å². The van der Waals surface area contributed by atoms with E-state index >= 15 is 0 Å². The third-order valence-electron chi connectivity index (χ3n) is 5.28. The Balaban J connectivity index is 1.85. The minimum Gasteiger partial charge on any atom is -0.463 e. The van der Waals surface area contributed by atoms with Crippen LogP contribution >= 0.6 is 23.1 Å². The van der Waals surface area contributed by atoms with E-state index in [9.17, 15) is 9.59 Å². The monoisotopic (exact) mass is 476 g/mol. The topological polar surface area (TPSA) is 60.7 Å². The second-order valence-electron chi connectivity index (χ2n) is 7.37. The summed E-state index contributed by atoms with van der Waals surface area (Å²) in [7, 11) is 0. The van der Waals surface area contributed by atoms with Gasteiger partial charge in [-0.3, -0.25) is 9.36 Å². The highest BCUT2D eigenvalue weighted by molar-refractivity contribution is 7.98. The Bertz CT molecular complexity index is 1400. The smallest absolute Gasteiger partial charge is 0.338 e. The normalized spacial score (nSPS) is 16.1. The second-order valence-corrected chi connectivity index (χ2v) is 9.26. The van der Waals surface area contributed by atoms with Crippen LogP contribution in [0, 0.1) is 0 Å². The van der Waals surface area contributed by atoms with E-state index in [1.54, 1.807) is 36.3 Å². The van der Waals surface area contributed by atoms with Gasteiger partial charge in [-0.2, -0.15) is 0 Å². The molecule has 5 nitrogen and oxygen atoms in total. The summed E-state index contributed by atoms with van der Waals surface area (Å²) in [6.07, 6.45) is 7.62. The first kappa shape index (κ1) is 23.0. The average Bonchev–Trinajstić information content (AvgIpc) is 3.13. The molecule has 0 amide bonds. The lowest BCUT2D eigenvalue weighted by molar-refractivity contribution is -0.139. The molecule has 1 unspecified atom stereocenters. The maximum absolute atomic E-state index is 13.5. The highest BCUT2D eigenvalue weighted by atomic mass is 32.2. The number of thioether (sulfide) groups is 1. The van der Waals surface area contributed by atoms with Gasteiger partial charge in [0.25, 0.3) is 5.56 Å². The lowest BCUT2D eigenvalue weighted by Crippen LogP contribution is -2.39. The summed E-state index contributed by atoms with van der Waals surface area (Å²) >= 11 is 2.96. The molecule has 3 aromatic rings. The Labute approximate surface area is 200 Å². The predicted molar refractivity (Wildman–Crippen MR) is 135 cm³/mol. The number of benzene rings is 2. The summed E-state index contributed by atoms with van der Waals surface area (Å²) in [5.74, 6) is -0.448. The number of esters is 1. The first-order valence-corrected chi connectivity index (χ1v) is 12.6. The standard InChI is InChI=1S/C26H24N2O3S2/c1-4-31-25(30)22-17(2)27-26-28(23(22)19-13-15-20(32-3)16-14-19)24(29)21(33-26)12-8-11-18-9-6-5-7-10-18/h5-16,23H,4H2,1-3H3/b11-8+,21-12+. The van der Waals surface area contributed by atoms with E-state index in [1.165, 1.54) is 11.3 Å². The zero-order valence-corrected chi connectivity index (χ0v) is 20.3. The molecule has 0 radical (unpaired) electrons. The number of ether oxygens (including phenoxy) is 1. The molecule has 2 aromatic carbocycles. The first-order valence-electron chi connectivity index (χ1n) is 10.6. The molecule has 0 bridgehead atoms. The molecule has 1 aliphatic rings. The van der Waals surface area contributed by atoms with E-state index in [-0.39, 0.29) is 12.2 Å². The number of hydrogen-bond donors (Lipinski definition) is 0. The van der Waals surface area contributed by atoms with Gasteiger partial charge in [-0.25, -0.2) is 9.79 Å². The van der Waals surface area contributed by atoms with Gasteiger partial charge in [0.2, 0.25) is 0 Å². The molecule has 0 saturated heterocycles. The van der Waals surface area contributed by atoms with E-state index in [0.717, 1.165) is 16.0 Å². The van der Waals surface area contributed by atoms with E-state index in [2.05, 4.69) is 4.99 Å². The number of allylic oxidation sites excluding steroid dienone is 2. The van der Waals surface area contributed by atoms with E-state index in [0.29, 0.717) is 20.6 Å². The van der Waals surface area contributed by atoms with Crippen molar-refractivity contribution < 1.29 is 9.53 Å². The van der Waals surface area contributed by atoms with Gasteiger partial charge in [0.1, 0.15) is 0 Å². The first-order chi connectivity index (χ1) is 16.0. The number of carbonyl (C=O) groups is 1. The molecule has 2 heterocycles. The van der Waals surface area contributed by atoms with Gasteiger partial charge in [0, 0.05) is 4.90 Å². The number of rotatable bonds is 6. The highest BCUT2D eigenvalue weighted by Crippen LogP contribution is 2.31. The fourth-order valence-corrected chi connectivity index (χ4v) is 5.12. The zero-order valence-electron chi connectivity index (χ0n) is 18.6. The second kappa shape index (κ2) is 10.2. The molecule has 0 spiro atoms. The summed E-state index contributed by atoms with van der Waals surface area (Å²) in [4.78, 5) is 32.6. The molecule has 1 atom stereocenters. The van der Waals surface area contributed by atoms with Crippen LogP contribution in [-0.2, 0) is 9.53 Å². The minimum atomic E-state index is -0.587. The molecule has 0 aliphatic carbocycles. The number of nitrogens with zero attached hydrogens (tertiary/aromatic N) is 2. The summed E-state index contributed by atoms with van der Waals surface area (Å²) < 4.78 is 7.50. The van der Waals surface area contributed by atoms with Crippen LogP contribution in [0.25, 0.3) is 12.2 Å². The fourth-order valence-electron chi connectivity index (χ4n) is 3.72. The molecule has 33 heavy (non-hydrogen) atoms. The van der Waals surface area contributed by atoms with Crippen molar-refractivity contribution in [2.75, 3.05) is 12.9 Å². The van der Waals surface area contributed by atoms with Gasteiger partial charge in [-0.15, -0.1) is 11.8 Å². The van der Waals surface area contributed by atoms with Gasteiger partial charge in [-0.1, -0.05) is 66.0 Å². The van der Waals surface area contributed by atoms with Crippen molar-refractivity contribution in [2.24, 2.45) is 4.99 Å². The number of fused-ring (bicyclic) bond motifs is 1. The Kier molecular flexibility index (Phi) is 7.11. The molecule has 0 N–H and O–H groups in total. The number of carbonyl (C=O) groups excluding carboxylic acids is 1. The van der Waals surface area contributed by atoms with Crippen molar-refractivity contribution in [3.8, 4) is 0 Å². The van der Waals surface area contributed by atoms with Crippen LogP contribution in [0.1, 0.15) is 31.0 Å². The SMILES string of the molecule is CCOC(=O)C1=C(C)N=c2s/c(=C/C=C/c3ccccc3)c(=O)n2C1c1ccc(SC)cc1. The van der Waals surface area contributed by atoms with Crippen LogP contribution in [0.15, 0.2) is 86.6 Å². The lowest BCUT2D eigenvalue weighted by atomic mass is 9.96. The summed E-state index contributed by atoms with van der Waals surface area (Å²) in [5.41, 5.74) is 2.68. The zero-order chi connectivity index (χ0) is 23.4. The Morgan fingerprint density at radius 2 is 1.91 bits per heavy atom. The molecular formula is C26H24N2O3S2. The molecule has 1 aliphatic heterocycles. The Morgan fingerprint density at radius 1 is 1.18 bits per heavy atom. The summed E-state index contributed by atoms with van der Waals surface area (Å²) in [6.45, 7) is 3.81.